The Bertz CT molecular complexity index is 571. The van der Waals surface area contributed by atoms with Gasteiger partial charge >= 0.3 is 0 Å². The zero-order chi connectivity index (χ0) is 14.9. The Morgan fingerprint density at radius 2 is 1.85 bits per heavy atom. The van der Waals surface area contributed by atoms with E-state index < -0.39 is 10.0 Å². The van der Waals surface area contributed by atoms with E-state index in [0.717, 1.165) is 25.7 Å². The molecule has 1 aromatic heterocycles. The van der Waals surface area contributed by atoms with Gasteiger partial charge in [0.05, 0.1) is 0 Å². The molecule has 0 spiro atoms. The highest BCUT2D eigenvalue weighted by atomic mass is 32.2. The molecule has 0 atom stereocenters. The Balaban J connectivity index is 2.48. The molecule has 0 radical (unpaired) electrons. The van der Waals surface area contributed by atoms with Gasteiger partial charge in [-0.05, 0) is 26.7 Å². The SMILES string of the molecule is CCN(C1CCCC1)S(=O)(=O)c1c(C)oc(C)c1CN. The molecule has 0 bridgehead atoms. The molecule has 0 amide bonds. The molecule has 0 saturated heterocycles. The minimum Gasteiger partial charge on any atom is -0.465 e. The summed E-state index contributed by atoms with van der Waals surface area (Å²) < 4.78 is 33.1. The van der Waals surface area contributed by atoms with Crippen molar-refractivity contribution in [1.82, 2.24) is 4.31 Å². The van der Waals surface area contributed by atoms with Crippen molar-refractivity contribution in [2.75, 3.05) is 6.54 Å². The second-order valence-electron chi connectivity index (χ2n) is 5.37. The predicted octanol–water partition coefficient (Wildman–Crippen LogP) is 2.31. The molecule has 2 rings (SSSR count). The first-order chi connectivity index (χ1) is 9.43. The van der Waals surface area contributed by atoms with Crippen LogP contribution in [0.3, 0.4) is 0 Å². The van der Waals surface area contributed by atoms with E-state index in [9.17, 15) is 8.42 Å². The molecule has 1 aliphatic carbocycles. The van der Waals surface area contributed by atoms with Gasteiger partial charge in [0.2, 0.25) is 10.0 Å². The molecule has 114 valence electrons. The van der Waals surface area contributed by atoms with Crippen molar-refractivity contribution in [1.29, 1.82) is 0 Å². The number of hydrogen-bond donors (Lipinski definition) is 1. The van der Waals surface area contributed by atoms with Crippen LogP contribution in [0.25, 0.3) is 0 Å². The molecule has 0 aromatic carbocycles. The molecule has 1 saturated carbocycles. The van der Waals surface area contributed by atoms with Crippen LogP contribution in [0.2, 0.25) is 0 Å². The minimum absolute atomic E-state index is 0.116. The zero-order valence-electron chi connectivity index (χ0n) is 12.5. The number of nitrogens with two attached hydrogens (primary N) is 1. The second kappa shape index (κ2) is 5.87. The summed E-state index contributed by atoms with van der Waals surface area (Å²) in [5, 5.41) is 0. The highest BCUT2D eigenvalue weighted by molar-refractivity contribution is 7.89. The van der Waals surface area contributed by atoms with E-state index in [1.807, 2.05) is 6.92 Å². The van der Waals surface area contributed by atoms with Gasteiger partial charge in [-0.2, -0.15) is 4.31 Å². The van der Waals surface area contributed by atoms with Crippen LogP contribution >= 0.6 is 0 Å². The van der Waals surface area contributed by atoms with Gasteiger partial charge in [0.1, 0.15) is 16.4 Å². The monoisotopic (exact) mass is 300 g/mol. The third-order valence-corrected chi connectivity index (χ3v) is 6.36. The first kappa shape index (κ1) is 15.5. The van der Waals surface area contributed by atoms with Crippen LogP contribution in [0.15, 0.2) is 9.31 Å². The predicted molar refractivity (Wildman–Crippen MR) is 77.9 cm³/mol. The molecular formula is C14H24N2O3S. The van der Waals surface area contributed by atoms with Crippen molar-refractivity contribution in [3.05, 3.63) is 17.1 Å². The van der Waals surface area contributed by atoms with Gasteiger partial charge in [-0.1, -0.05) is 19.8 Å². The largest absolute Gasteiger partial charge is 0.465 e. The number of rotatable bonds is 5. The smallest absolute Gasteiger partial charge is 0.247 e. The molecule has 2 N–H and O–H groups in total. The van der Waals surface area contributed by atoms with E-state index in [1.54, 1.807) is 18.2 Å². The van der Waals surface area contributed by atoms with Crippen LogP contribution < -0.4 is 5.73 Å². The van der Waals surface area contributed by atoms with E-state index in [1.165, 1.54) is 0 Å². The summed E-state index contributed by atoms with van der Waals surface area (Å²) in [5.74, 6) is 1.05. The summed E-state index contributed by atoms with van der Waals surface area (Å²) in [6, 6.07) is 0.116. The Morgan fingerprint density at radius 3 is 2.35 bits per heavy atom. The normalized spacial score (nSPS) is 17.2. The number of sulfonamides is 1. The Morgan fingerprint density at radius 1 is 1.25 bits per heavy atom. The van der Waals surface area contributed by atoms with Crippen molar-refractivity contribution in [2.24, 2.45) is 5.73 Å². The Kier molecular flexibility index (Phi) is 4.56. The van der Waals surface area contributed by atoms with Crippen LogP contribution in [0, 0.1) is 13.8 Å². The maximum absolute atomic E-state index is 13.0. The average molecular weight is 300 g/mol. The standard InChI is InChI=1S/C14H24N2O3S/c1-4-16(12-7-5-6-8-12)20(17,18)14-11(3)19-10(2)13(14)9-15/h12H,4-9,15H2,1-3H3. The van der Waals surface area contributed by atoms with Gasteiger partial charge in [-0.25, -0.2) is 8.42 Å². The molecule has 1 aliphatic rings. The van der Waals surface area contributed by atoms with Gasteiger partial charge in [0.25, 0.3) is 0 Å². The van der Waals surface area contributed by atoms with Gasteiger partial charge < -0.3 is 10.2 Å². The summed E-state index contributed by atoms with van der Waals surface area (Å²) in [6.07, 6.45) is 4.09. The van der Waals surface area contributed by atoms with Crippen molar-refractivity contribution < 1.29 is 12.8 Å². The lowest BCUT2D eigenvalue weighted by atomic mass is 10.2. The second-order valence-corrected chi connectivity index (χ2v) is 7.20. The number of aryl methyl sites for hydroxylation is 2. The van der Waals surface area contributed by atoms with E-state index in [-0.39, 0.29) is 17.5 Å². The minimum atomic E-state index is -3.53. The van der Waals surface area contributed by atoms with Crippen molar-refractivity contribution in [3.63, 3.8) is 0 Å². The van der Waals surface area contributed by atoms with Crippen LogP contribution in [0.5, 0.6) is 0 Å². The average Bonchev–Trinajstić information content (AvgIpc) is 2.97. The third-order valence-electron chi connectivity index (χ3n) is 4.14. The van der Waals surface area contributed by atoms with Crippen LogP contribution in [0.4, 0.5) is 0 Å². The highest BCUT2D eigenvalue weighted by Gasteiger charge is 2.36. The molecule has 0 unspecified atom stereocenters. The van der Waals surface area contributed by atoms with Crippen molar-refractivity contribution >= 4 is 10.0 Å². The van der Waals surface area contributed by atoms with Crippen molar-refractivity contribution in [2.45, 2.75) is 63.9 Å². The van der Waals surface area contributed by atoms with E-state index >= 15 is 0 Å². The van der Waals surface area contributed by atoms with Crippen LogP contribution in [-0.2, 0) is 16.6 Å². The molecule has 0 aliphatic heterocycles. The lowest BCUT2D eigenvalue weighted by Crippen LogP contribution is -2.39. The van der Waals surface area contributed by atoms with E-state index in [2.05, 4.69) is 0 Å². The lowest BCUT2D eigenvalue weighted by molar-refractivity contribution is 0.334. The first-order valence-electron chi connectivity index (χ1n) is 7.24. The first-order valence-corrected chi connectivity index (χ1v) is 8.68. The molecule has 1 fully saturated rings. The molecule has 5 nitrogen and oxygen atoms in total. The molecule has 20 heavy (non-hydrogen) atoms. The van der Waals surface area contributed by atoms with Gasteiger partial charge in [-0.15, -0.1) is 0 Å². The Hall–Kier alpha value is -0.850. The number of hydrogen-bond acceptors (Lipinski definition) is 4. The van der Waals surface area contributed by atoms with Gasteiger partial charge in [0, 0.05) is 24.7 Å². The summed E-state index contributed by atoms with van der Waals surface area (Å²) in [4.78, 5) is 0.284. The van der Waals surface area contributed by atoms with Crippen molar-refractivity contribution in [3.8, 4) is 0 Å². The zero-order valence-corrected chi connectivity index (χ0v) is 13.3. The summed E-state index contributed by atoms with van der Waals surface area (Å²) >= 11 is 0. The van der Waals surface area contributed by atoms with E-state index in [0.29, 0.717) is 23.6 Å². The molecular weight excluding hydrogens is 276 g/mol. The van der Waals surface area contributed by atoms with Gasteiger partial charge in [0.15, 0.2) is 0 Å². The fourth-order valence-electron chi connectivity index (χ4n) is 3.22. The number of nitrogens with zero attached hydrogens (tertiary/aromatic N) is 1. The maximum Gasteiger partial charge on any atom is 0.247 e. The highest BCUT2D eigenvalue weighted by Crippen LogP contribution is 2.33. The topological polar surface area (TPSA) is 76.5 Å². The maximum atomic E-state index is 13.0. The third kappa shape index (κ3) is 2.52. The molecule has 1 aromatic rings. The fraction of sp³-hybridized carbons (Fsp3) is 0.714. The molecule has 1 heterocycles. The summed E-state index contributed by atoms with van der Waals surface area (Å²) in [6.45, 7) is 6.02. The quantitative estimate of drug-likeness (QED) is 0.905. The Labute approximate surface area is 121 Å². The van der Waals surface area contributed by atoms with E-state index in [4.69, 9.17) is 10.2 Å². The summed E-state index contributed by atoms with van der Waals surface area (Å²) in [5.41, 5.74) is 6.32. The van der Waals surface area contributed by atoms with Crippen LogP contribution in [0.1, 0.15) is 49.7 Å². The molecule has 6 heteroatoms. The van der Waals surface area contributed by atoms with Gasteiger partial charge in [-0.3, -0.25) is 0 Å². The fourth-order valence-corrected chi connectivity index (χ4v) is 5.34. The lowest BCUT2D eigenvalue weighted by Gasteiger charge is -2.26. The summed E-state index contributed by atoms with van der Waals surface area (Å²) in [7, 11) is -3.53. The number of furan rings is 1. The van der Waals surface area contributed by atoms with Crippen LogP contribution in [-0.4, -0.2) is 25.3 Å².